The molecule has 0 saturated carbocycles. The Kier molecular flexibility index (Phi) is 6.81. The number of hydrogen-bond donors (Lipinski definition) is 3. The highest BCUT2D eigenvalue weighted by Crippen LogP contribution is 2.27. The fourth-order valence-electron chi connectivity index (χ4n) is 3.65. The fourth-order valence-corrected chi connectivity index (χ4v) is 7.86. The Bertz CT molecular complexity index is 657. The topological polar surface area (TPSA) is 79.2 Å². The van der Waals surface area contributed by atoms with E-state index in [1.54, 1.807) is 0 Å². The van der Waals surface area contributed by atoms with E-state index in [4.69, 9.17) is 9.16 Å². The molecule has 6 heteroatoms. The molecular formula is C21H28O5Si. The molecule has 5 nitrogen and oxygen atoms in total. The Hall–Kier alpha value is -1.54. The average Bonchev–Trinajstić information content (AvgIpc) is 3.00. The minimum atomic E-state index is -2.73. The molecule has 0 bridgehead atoms. The monoisotopic (exact) mass is 388 g/mol. The summed E-state index contributed by atoms with van der Waals surface area (Å²) in [5.41, 5.74) is 0. The molecule has 3 rings (SSSR count). The van der Waals surface area contributed by atoms with Crippen molar-refractivity contribution in [1.82, 2.24) is 0 Å². The predicted molar refractivity (Wildman–Crippen MR) is 106 cm³/mol. The second-order valence-electron chi connectivity index (χ2n) is 6.99. The van der Waals surface area contributed by atoms with Gasteiger partial charge >= 0.3 is 0 Å². The highest BCUT2D eigenvalue weighted by molar-refractivity contribution is 6.97. The maximum absolute atomic E-state index is 10.5. The number of rotatable bonds is 8. The summed E-state index contributed by atoms with van der Waals surface area (Å²) in [6, 6.07) is 21.0. The third kappa shape index (κ3) is 4.16. The zero-order chi connectivity index (χ0) is 19.3. The fraction of sp³-hybridized carbons (Fsp3) is 0.429. The van der Waals surface area contributed by atoms with Crippen LogP contribution in [-0.2, 0) is 9.16 Å². The molecule has 1 fully saturated rings. The Morgan fingerprint density at radius 1 is 0.926 bits per heavy atom. The van der Waals surface area contributed by atoms with Crippen molar-refractivity contribution in [3.05, 3.63) is 60.7 Å². The highest BCUT2D eigenvalue weighted by atomic mass is 28.4. The summed E-state index contributed by atoms with van der Waals surface area (Å²) in [5.74, 6) is 0. The maximum atomic E-state index is 10.5. The van der Waals surface area contributed by atoms with Gasteiger partial charge in [-0.05, 0) is 16.4 Å². The van der Waals surface area contributed by atoms with Gasteiger partial charge in [-0.2, -0.15) is 0 Å². The van der Waals surface area contributed by atoms with Crippen LogP contribution >= 0.6 is 0 Å². The maximum Gasteiger partial charge on any atom is 0.259 e. The molecule has 0 amide bonds. The molecule has 0 unspecified atom stereocenters. The molecular weight excluding hydrogens is 360 g/mol. The van der Waals surface area contributed by atoms with Crippen molar-refractivity contribution < 1.29 is 24.5 Å². The first-order valence-corrected chi connectivity index (χ1v) is 11.6. The van der Waals surface area contributed by atoms with Crippen molar-refractivity contribution in [2.24, 2.45) is 0 Å². The molecule has 3 N–H and O–H groups in total. The van der Waals surface area contributed by atoms with Gasteiger partial charge in [0.1, 0.15) is 18.3 Å². The minimum Gasteiger partial charge on any atom is -0.394 e. The quantitative estimate of drug-likeness (QED) is 0.588. The molecule has 1 aliphatic heterocycles. The lowest BCUT2D eigenvalue weighted by molar-refractivity contribution is -0.120. The second kappa shape index (κ2) is 9.10. The van der Waals surface area contributed by atoms with Crippen molar-refractivity contribution in [1.29, 1.82) is 0 Å². The molecule has 0 aliphatic carbocycles. The Balaban J connectivity index is 2.03. The smallest absolute Gasteiger partial charge is 0.259 e. The van der Waals surface area contributed by atoms with Gasteiger partial charge in [0.2, 0.25) is 0 Å². The first-order chi connectivity index (χ1) is 13.1. The molecule has 146 valence electrons. The third-order valence-corrected chi connectivity index (χ3v) is 9.40. The minimum absolute atomic E-state index is 0.363. The lowest BCUT2D eigenvalue weighted by Gasteiger charge is -2.35. The van der Waals surface area contributed by atoms with Crippen LogP contribution in [0.4, 0.5) is 0 Å². The van der Waals surface area contributed by atoms with Crippen LogP contribution in [0.5, 0.6) is 0 Å². The van der Waals surface area contributed by atoms with Crippen LogP contribution in [0.3, 0.4) is 0 Å². The summed E-state index contributed by atoms with van der Waals surface area (Å²) in [5, 5.41) is 32.2. The van der Waals surface area contributed by atoms with Gasteiger partial charge in [0.05, 0.1) is 6.61 Å². The van der Waals surface area contributed by atoms with Crippen LogP contribution in [0, 0.1) is 0 Å². The summed E-state index contributed by atoms with van der Waals surface area (Å²) in [4.78, 5) is 0. The highest BCUT2D eigenvalue weighted by Gasteiger charge is 2.49. The Labute approximate surface area is 161 Å². The van der Waals surface area contributed by atoms with Gasteiger partial charge in [0.15, 0.2) is 6.29 Å². The molecule has 1 heterocycles. The molecule has 2 aromatic carbocycles. The zero-order valence-corrected chi connectivity index (χ0v) is 16.6. The molecule has 4 atom stereocenters. The number of aliphatic hydroxyl groups excluding tert-OH is 3. The second-order valence-corrected chi connectivity index (χ2v) is 10.5. The van der Waals surface area contributed by atoms with E-state index < -0.39 is 32.9 Å². The number of aliphatic hydroxyl groups is 3. The van der Waals surface area contributed by atoms with Crippen LogP contribution < -0.4 is 10.4 Å². The van der Waals surface area contributed by atoms with Crippen molar-refractivity contribution in [2.75, 3.05) is 6.61 Å². The average molecular weight is 389 g/mol. The van der Waals surface area contributed by atoms with Crippen molar-refractivity contribution >= 4 is 18.7 Å². The van der Waals surface area contributed by atoms with Crippen LogP contribution in [0.1, 0.15) is 19.8 Å². The number of hydrogen-bond acceptors (Lipinski definition) is 5. The predicted octanol–water partition coefficient (Wildman–Crippen LogP) is 1.00. The summed E-state index contributed by atoms with van der Waals surface area (Å²) >= 11 is 0. The van der Waals surface area contributed by atoms with E-state index in [-0.39, 0.29) is 6.61 Å². The van der Waals surface area contributed by atoms with Gasteiger partial charge in [-0.15, -0.1) is 0 Å². The van der Waals surface area contributed by atoms with Gasteiger partial charge in [-0.1, -0.05) is 80.4 Å². The summed E-state index contributed by atoms with van der Waals surface area (Å²) in [7, 11) is -2.73. The van der Waals surface area contributed by atoms with Crippen molar-refractivity contribution in [3.63, 3.8) is 0 Å². The molecule has 27 heavy (non-hydrogen) atoms. The van der Waals surface area contributed by atoms with E-state index in [1.807, 2.05) is 36.4 Å². The van der Waals surface area contributed by atoms with Crippen LogP contribution in [0.25, 0.3) is 0 Å². The number of benzene rings is 2. The van der Waals surface area contributed by atoms with Gasteiger partial charge < -0.3 is 24.5 Å². The lowest BCUT2D eigenvalue weighted by Crippen LogP contribution is -2.63. The van der Waals surface area contributed by atoms with Crippen LogP contribution in [-0.4, -0.2) is 54.8 Å². The van der Waals surface area contributed by atoms with E-state index in [1.165, 1.54) is 0 Å². The van der Waals surface area contributed by atoms with E-state index >= 15 is 0 Å². The number of ether oxygens (including phenoxy) is 1. The summed E-state index contributed by atoms with van der Waals surface area (Å²) in [6.45, 7) is 1.78. The Morgan fingerprint density at radius 3 is 1.93 bits per heavy atom. The standard InChI is InChI=1S/C21H28O5Si/c1-2-3-14-27(16-10-6-4-7-11-16,17-12-8-5-9-13-17)26-21-20(24)19(23)18(15-22)25-21/h4-13,18-24H,2-3,14-15H2,1H3/t18-,19+,20-,21-/m1/s1. The van der Waals surface area contributed by atoms with E-state index in [9.17, 15) is 15.3 Å². The normalized spacial score (nSPS) is 25.6. The molecule has 2 aromatic rings. The molecule has 0 radical (unpaired) electrons. The molecule has 1 saturated heterocycles. The third-order valence-electron chi connectivity index (χ3n) is 5.18. The van der Waals surface area contributed by atoms with E-state index in [0.29, 0.717) is 0 Å². The first-order valence-electron chi connectivity index (χ1n) is 9.53. The molecule has 0 aromatic heterocycles. The number of unbranched alkanes of at least 4 members (excludes halogenated alkanes) is 1. The molecule has 1 aliphatic rings. The zero-order valence-electron chi connectivity index (χ0n) is 15.6. The van der Waals surface area contributed by atoms with Crippen molar-refractivity contribution in [2.45, 2.75) is 50.4 Å². The van der Waals surface area contributed by atoms with Crippen LogP contribution in [0.15, 0.2) is 60.7 Å². The largest absolute Gasteiger partial charge is 0.394 e. The SMILES string of the molecule is CCCC[Si](O[C@H]1O[C@H](CO)[C@H](O)[C@H]1O)(c1ccccc1)c1ccccc1. The summed E-state index contributed by atoms with van der Waals surface area (Å²) < 4.78 is 12.3. The van der Waals surface area contributed by atoms with E-state index in [2.05, 4.69) is 31.2 Å². The lowest BCUT2D eigenvalue weighted by atomic mass is 10.1. The summed E-state index contributed by atoms with van der Waals surface area (Å²) in [6.07, 6.45) is -2.17. The van der Waals surface area contributed by atoms with Gasteiger partial charge in [0, 0.05) is 0 Å². The van der Waals surface area contributed by atoms with Gasteiger partial charge in [-0.25, -0.2) is 0 Å². The van der Waals surface area contributed by atoms with Crippen molar-refractivity contribution in [3.8, 4) is 0 Å². The van der Waals surface area contributed by atoms with Crippen LogP contribution in [0.2, 0.25) is 6.04 Å². The van der Waals surface area contributed by atoms with Gasteiger partial charge in [0.25, 0.3) is 8.32 Å². The van der Waals surface area contributed by atoms with Gasteiger partial charge in [-0.3, -0.25) is 0 Å². The van der Waals surface area contributed by atoms with E-state index in [0.717, 1.165) is 29.3 Å². The Morgan fingerprint density at radius 2 is 1.48 bits per heavy atom. The first kappa shape index (κ1) is 20.2. The molecule has 0 spiro atoms.